The molecule has 0 unspecified atom stereocenters. The number of benzene rings is 1. The van der Waals surface area contributed by atoms with Crippen LogP contribution in [0.25, 0.3) is 6.08 Å². The van der Waals surface area contributed by atoms with Gasteiger partial charge in [0, 0.05) is 7.11 Å². The van der Waals surface area contributed by atoms with Gasteiger partial charge in [-0.2, -0.15) is 26.3 Å². The van der Waals surface area contributed by atoms with Crippen LogP contribution in [-0.4, -0.2) is 48.9 Å². The number of hydrogen-bond acceptors (Lipinski definition) is 7. The van der Waals surface area contributed by atoms with Gasteiger partial charge < -0.3 is 23.9 Å². The lowest BCUT2D eigenvalue weighted by Crippen LogP contribution is -2.46. The van der Waals surface area contributed by atoms with E-state index in [4.69, 9.17) is 13.8 Å². The number of imide groups is 1. The molecule has 1 aromatic carbocycles. The van der Waals surface area contributed by atoms with Crippen molar-refractivity contribution < 1.29 is 59.9 Å². The van der Waals surface area contributed by atoms with Crippen LogP contribution < -0.4 is 4.90 Å². The zero-order chi connectivity index (χ0) is 34.3. The molecule has 0 bridgehead atoms. The van der Waals surface area contributed by atoms with Gasteiger partial charge in [0.05, 0.1) is 41.4 Å². The highest BCUT2D eigenvalue weighted by Gasteiger charge is 2.58. The molecule has 2 amide bonds. The number of methoxy groups -OCH3 is 1. The second-order valence-corrected chi connectivity index (χ2v) is 12.1. The van der Waals surface area contributed by atoms with Gasteiger partial charge in [-0.3, -0.25) is 9.59 Å². The number of carbonyl (C=O) groups is 2. The number of rotatable bonds is 10. The van der Waals surface area contributed by atoms with Crippen LogP contribution in [0.15, 0.2) is 51.5 Å². The molecule has 4 atom stereocenters. The van der Waals surface area contributed by atoms with Crippen molar-refractivity contribution in [3.8, 4) is 0 Å². The Morgan fingerprint density at radius 1 is 1.04 bits per heavy atom. The van der Waals surface area contributed by atoms with Crippen molar-refractivity contribution in [2.24, 2.45) is 17.8 Å². The van der Waals surface area contributed by atoms with Gasteiger partial charge in [-0.05, 0) is 85.5 Å². The van der Waals surface area contributed by atoms with E-state index in [9.17, 15) is 46.1 Å². The second kappa shape index (κ2) is 13.6. The van der Waals surface area contributed by atoms with Crippen LogP contribution in [0.1, 0.15) is 61.7 Å². The van der Waals surface area contributed by atoms with E-state index in [1.54, 1.807) is 12.1 Å². The molecule has 0 saturated carbocycles. The smallest absolute Gasteiger partial charge is 0.455 e. The van der Waals surface area contributed by atoms with Crippen LogP contribution >= 0.6 is 0 Å². The second-order valence-electron chi connectivity index (χ2n) is 12.1. The molecule has 3 aliphatic rings. The van der Waals surface area contributed by atoms with E-state index < -0.39 is 72.0 Å². The van der Waals surface area contributed by atoms with Crippen molar-refractivity contribution in [2.75, 3.05) is 18.6 Å². The Balaban J connectivity index is 1.48. The van der Waals surface area contributed by atoms with Crippen LogP contribution in [0.3, 0.4) is 0 Å². The Hall–Kier alpha value is -3.40. The number of nitrogens with zero attached hydrogens (tertiary/aromatic N) is 1. The molecule has 0 radical (unpaired) electrons. The van der Waals surface area contributed by atoms with Crippen LogP contribution in [0, 0.1) is 17.8 Å². The monoisotopic (exact) mass is 669 g/mol. The SMILES string of the molecule is CCC/C(=C\c1ccc(CO)o1)CC[C@H]1OB(O)C[C@H]2C1=C(COC)C[C@H]1C(=O)N(c3cc(C(F)(F)F)cc(C(F)(F)F)c3)C(=O)[C@H]12. The third kappa shape index (κ3) is 7.22. The van der Waals surface area contributed by atoms with Gasteiger partial charge in [0.25, 0.3) is 0 Å². The molecule has 2 saturated heterocycles. The lowest BCUT2D eigenvalue weighted by atomic mass is 9.58. The molecule has 1 aliphatic carbocycles. The predicted molar refractivity (Wildman–Crippen MR) is 157 cm³/mol. The first-order valence-corrected chi connectivity index (χ1v) is 15.3. The summed E-state index contributed by atoms with van der Waals surface area (Å²) >= 11 is 0. The highest BCUT2D eigenvalue weighted by molar-refractivity contribution is 6.43. The lowest BCUT2D eigenvalue weighted by molar-refractivity contribution is -0.143. The summed E-state index contributed by atoms with van der Waals surface area (Å²) in [6.07, 6.45) is -6.92. The zero-order valence-corrected chi connectivity index (χ0v) is 25.7. The predicted octanol–water partition coefficient (Wildman–Crippen LogP) is 6.42. The number of fused-ring (bicyclic) bond motifs is 3. The van der Waals surface area contributed by atoms with Crippen LogP contribution in [0.2, 0.25) is 6.32 Å². The van der Waals surface area contributed by atoms with Gasteiger partial charge >= 0.3 is 19.5 Å². The summed E-state index contributed by atoms with van der Waals surface area (Å²) < 4.78 is 98.8. The molecule has 8 nitrogen and oxygen atoms in total. The molecule has 2 N–H and O–H groups in total. The molecule has 47 heavy (non-hydrogen) atoms. The third-order valence-corrected chi connectivity index (χ3v) is 8.94. The number of allylic oxidation sites excluding steroid dienone is 1. The maximum absolute atomic E-state index is 13.9. The molecule has 0 spiro atoms. The van der Waals surface area contributed by atoms with Crippen molar-refractivity contribution >= 4 is 30.7 Å². The summed E-state index contributed by atoms with van der Waals surface area (Å²) in [5.41, 5.74) is -1.81. The average molecular weight is 669 g/mol. The molecular formula is C32H34BF6NO7. The summed E-state index contributed by atoms with van der Waals surface area (Å²) in [4.78, 5) is 28.0. The van der Waals surface area contributed by atoms with Crippen molar-refractivity contribution in [1.82, 2.24) is 0 Å². The number of aliphatic hydroxyl groups is 1. The highest BCUT2D eigenvalue weighted by Crippen LogP contribution is 2.52. The van der Waals surface area contributed by atoms with Gasteiger partial charge in [0.2, 0.25) is 11.8 Å². The lowest BCUT2D eigenvalue weighted by Gasteiger charge is -2.43. The molecule has 5 rings (SSSR count). The third-order valence-electron chi connectivity index (χ3n) is 8.94. The van der Waals surface area contributed by atoms with Gasteiger partial charge in [0.1, 0.15) is 18.1 Å². The summed E-state index contributed by atoms with van der Waals surface area (Å²) in [5.74, 6) is -3.85. The van der Waals surface area contributed by atoms with Crippen molar-refractivity contribution in [2.45, 2.75) is 70.4 Å². The number of aliphatic hydroxyl groups excluding tert-OH is 1. The van der Waals surface area contributed by atoms with Gasteiger partial charge in [-0.25, -0.2) is 4.90 Å². The van der Waals surface area contributed by atoms with Crippen molar-refractivity contribution in [3.63, 3.8) is 0 Å². The highest BCUT2D eigenvalue weighted by atomic mass is 19.4. The standard InChI is InChI=1S/C32H34BF6NO7/c1-3-4-17(9-22-6-7-23(15-41)46-22)5-8-26-27-18(16-45-2)10-24-28(25(27)14-33(44)47-26)30(43)40(29(24)42)21-12-19(31(34,35)36)11-20(13-21)32(37,38)39/h6-7,9,11-13,24-26,28,41,44H,3-5,8,10,14-16H2,1-2H3/b17-9+/t24-,25+,26-,28-/m1/s1. The summed E-state index contributed by atoms with van der Waals surface area (Å²) in [5, 5.41) is 20.1. The molecule has 2 aliphatic heterocycles. The number of anilines is 1. The number of amides is 2. The zero-order valence-electron chi connectivity index (χ0n) is 25.7. The number of halogens is 6. The fraction of sp³-hybridized carbons (Fsp3) is 0.500. The maximum Gasteiger partial charge on any atom is 0.455 e. The van der Waals surface area contributed by atoms with E-state index in [1.807, 2.05) is 13.0 Å². The summed E-state index contributed by atoms with van der Waals surface area (Å²) in [7, 11) is 0.0955. The minimum atomic E-state index is -5.17. The first-order chi connectivity index (χ1) is 22.2. The average Bonchev–Trinajstić information content (AvgIpc) is 3.55. The number of carbonyl (C=O) groups excluding carboxylic acids is 2. The summed E-state index contributed by atoms with van der Waals surface area (Å²) in [6.45, 7) is 1.80. The molecule has 1 aromatic heterocycles. The van der Waals surface area contributed by atoms with E-state index in [2.05, 4.69) is 0 Å². The maximum atomic E-state index is 13.9. The van der Waals surface area contributed by atoms with Crippen LogP contribution in [0.5, 0.6) is 0 Å². The van der Waals surface area contributed by atoms with Gasteiger partial charge in [0.15, 0.2) is 0 Å². The number of furan rings is 1. The minimum absolute atomic E-state index is 0.0134. The Kier molecular flexibility index (Phi) is 10.1. The van der Waals surface area contributed by atoms with E-state index in [0.717, 1.165) is 12.0 Å². The molecule has 2 fully saturated rings. The van der Waals surface area contributed by atoms with E-state index in [1.165, 1.54) is 7.11 Å². The van der Waals surface area contributed by atoms with E-state index >= 15 is 0 Å². The molecule has 15 heteroatoms. The van der Waals surface area contributed by atoms with E-state index in [0.29, 0.717) is 59.0 Å². The Morgan fingerprint density at radius 2 is 1.72 bits per heavy atom. The summed E-state index contributed by atoms with van der Waals surface area (Å²) in [6, 6.07) is 4.08. The number of hydrogen-bond donors (Lipinski definition) is 2. The fourth-order valence-corrected chi connectivity index (χ4v) is 7.06. The van der Waals surface area contributed by atoms with Crippen molar-refractivity contribution in [1.29, 1.82) is 0 Å². The molecule has 2 aromatic rings. The number of alkyl halides is 6. The van der Waals surface area contributed by atoms with Gasteiger partial charge in [-0.15, -0.1) is 0 Å². The fourth-order valence-electron chi connectivity index (χ4n) is 7.06. The van der Waals surface area contributed by atoms with Crippen molar-refractivity contribution in [3.05, 3.63) is 69.7 Å². The van der Waals surface area contributed by atoms with E-state index in [-0.39, 0.29) is 32.0 Å². The Labute approximate surface area is 267 Å². The quantitative estimate of drug-likeness (QED) is 0.130. The normalized spacial score (nSPS) is 23.9. The van der Waals surface area contributed by atoms with Crippen LogP contribution in [0.4, 0.5) is 32.0 Å². The minimum Gasteiger partial charge on any atom is -0.459 e. The molecule has 254 valence electrons. The number of ether oxygens (including phenoxy) is 1. The first kappa shape index (κ1) is 34.9. The largest absolute Gasteiger partial charge is 0.459 e. The molecule has 3 heterocycles. The Bertz CT molecular complexity index is 1530. The first-order valence-electron chi connectivity index (χ1n) is 15.3. The van der Waals surface area contributed by atoms with Crippen LogP contribution in [-0.2, 0) is 37.9 Å². The topological polar surface area (TPSA) is 109 Å². The Morgan fingerprint density at radius 3 is 2.30 bits per heavy atom. The van der Waals surface area contributed by atoms with Gasteiger partial charge in [-0.1, -0.05) is 18.9 Å². The molecular weight excluding hydrogens is 635 g/mol.